The standard InChI is InChI=1S/C20H27N5O/c1-13-17(14(2)24-23-13)10-20(26)25-8-5-15(6-9-25)18-11-19-16(12-22-18)4-3-7-21-19/h3-4,7,11-15,17,23-24H,5-6,8-10H2,1-2H3. The van der Waals surface area contributed by atoms with Crippen molar-refractivity contribution < 1.29 is 4.79 Å². The number of likely N-dealkylation sites (tertiary alicyclic amines) is 1. The molecule has 4 rings (SSSR count). The smallest absolute Gasteiger partial charge is 0.222 e. The molecule has 0 spiro atoms. The zero-order valence-electron chi connectivity index (χ0n) is 15.5. The van der Waals surface area contributed by atoms with Gasteiger partial charge < -0.3 is 4.90 Å². The van der Waals surface area contributed by atoms with Crippen LogP contribution in [0.15, 0.2) is 30.6 Å². The second-order valence-corrected chi connectivity index (χ2v) is 7.69. The van der Waals surface area contributed by atoms with E-state index in [1.54, 1.807) is 0 Å². The van der Waals surface area contributed by atoms with E-state index < -0.39 is 0 Å². The van der Waals surface area contributed by atoms with Gasteiger partial charge in [-0.1, -0.05) is 0 Å². The predicted octanol–water partition coefficient (Wildman–Crippen LogP) is 2.23. The van der Waals surface area contributed by atoms with E-state index in [2.05, 4.69) is 40.7 Å². The van der Waals surface area contributed by atoms with Crippen LogP contribution in [0.3, 0.4) is 0 Å². The minimum Gasteiger partial charge on any atom is -0.343 e. The lowest BCUT2D eigenvalue weighted by molar-refractivity contribution is -0.133. The molecule has 2 saturated heterocycles. The first kappa shape index (κ1) is 17.4. The minimum absolute atomic E-state index is 0.283. The summed E-state index contributed by atoms with van der Waals surface area (Å²) in [5, 5.41) is 1.07. The van der Waals surface area contributed by atoms with Gasteiger partial charge >= 0.3 is 0 Å². The molecule has 0 aromatic carbocycles. The molecule has 2 unspecified atom stereocenters. The van der Waals surface area contributed by atoms with E-state index in [9.17, 15) is 4.79 Å². The molecule has 0 saturated carbocycles. The van der Waals surface area contributed by atoms with Crippen molar-refractivity contribution in [2.75, 3.05) is 13.1 Å². The van der Waals surface area contributed by atoms with Crippen LogP contribution >= 0.6 is 0 Å². The van der Waals surface area contributed by atoms with E-state index in [0.29, 0.717) is 30.3 Å². The molecular formula is C20H27N5O. The number of carbonyl (C=O) groups excluding carboxylic acids is 1. The van der Waals surface area contributed by atoms with Crippen LogP contribution in [-0.2, 0) is 4.79 Å². The first-order valence-corrected chi connectivity index (χ1v) is 9.61. The maximum atomic E-state index is 12.7. The number of rotatable bonds is 3. The highest BCUT2D eigenvalue weighted by Crippen LogP contribution is 2.29. The quantitative estimate of drug-likeness (QED) is 0.885. The number of carbonyl (C=O) groups is 1. The van der Waals surface area contributed by atoms with E-state index in [0.717, 1.165) is 42.5 Å². The number of hydrogen-bond donors (Lipinski definition) is 2. The Balaban J connectivity index is 1.36. The summed E-state index contributed by atoms with van der Waals surface area (Å²) in [7, 11) is 0. The molecule has 4 heterocycles. The molecule has 2 atom stereocenters. The van der Waals surface area contributed by atoms with E-state index in [-0.39, 0.29) is 5.91 Å². The van der Waals surface area contributed by atoms with E-state index >= 15 is 0 Å². The Kier molecular flexibility index (Phi) is 4.87. The van der Waals surface area contributed by atoms with Gasteiger partial charge in [-0.2, -0.15) is 0 Å². The highest BCUT2D eigenvalue weighted by Gasteiger charge is 2.33. The van der Waals surface area contributed by atoms with Crippen molar-refractivity contribution >= 4 is 16.8 Å². The number of nitrogens with zero attached hydrogens (tertiary/aromatic N) is 3. The van der Waals surface area contributed by atoms with Gasteiger partial charge in [0.2, 0.25) is 5.91 Å². The molecule has 2 N–H and O–H groups in total. The van der Waals surface area contributed by atoms with Gasteiger partial charge in [0.1, 0.15) is 0 Å². The maximum Gasteiger partial charge on any atom is 0.222 e. The Morgan fingerprint density at radius 3 is 2.65 bits per heavy atom. The third-order valence-electron chi connectivity index (χ3n) is 6.01. The van der Waals surface area contributed by atoms with Gasteiger partial charge in [0.05, 0.1) is 5.52 Å². The van der Waals surface area contributed by atoms with Crippen LogP contribution in [0.2, 0.25) is 0 Å². The molecule has 138 valence electrons. The second kappa shape index (κ2) is 7.29. The second-order valence-electron chi connectivity index (χ2n) is 7.69. The summed E-state index contributed by atoms with van der Waals surface area (Å²) in [6.45, 7) is 5.92. The lowest BCUT2D eigenvalue weighted by Gasteiger charge is -2.33. The lowest BCUT2D eigenvalue weighted by atomic mass is 9.90. The van der Waals surface area contributed by atoms with Gasteiger partial charge in [-0.3, -0.25) is 25.6 Å². The van der Waals surface area contributed by atoms with Gasteiger partial charge in [0, 0.05) is 66.9 Å². The van der Waals surface area contributed by atoms with Crippen LogP contribution in [0, 0.1) is 5.92 Å². The number of nitrogens with one attached hydrogen (secondary N) is 2. The van der Waals surface area contributed by atoms with E-state index in [1.807, 2.05) is 29.4 Å². The summed E-state index contributed by atoms with van der Waals surface area (Å²) in [5.74, 6) is 1.05. The first-order valence-electron chi connectivity index (χ1n) is 9.61. The normalized spacial score (nSPS) is 27.2. The van der Waals surface area contributed by atoms with Crippen molar-refractivity contribution in [2.45, 2.75) is 51.1 Å². The average molecular weight is 353 g/mol. The molecular weight excluding hydrogens is 326 g/mol. The fraction of sp³-hybridized carbons (Fsp3) is 0.550. The van der Waals surface area contributed by atoms with Crippen molar-refractivity contribution in [3.8, 4) is 0 Å². The number of hydrogen-bond acceptors (Lipinski definition) is 5. The van der Waals surface area contributed by atoms with Crippen LogP contribution in [0.4, 0.5) is 0 Å². The van der Waals surface area contributed by atoms with Crippen molar-refractivity contribution in [3.05, 3.63) is 36.3 Å². The molecule has 0 radical (unpaired) electrons. The van der Waals surface area contributed by atoms with Gasteiger partial charge in [0.25, 0.3) is 0 Å². The fourth-order valence-corrected chi connectivity index (χ4v) is 4.22. The number of piperidine rings is 1. The Bertz CT molecular complexity index is 777. The summed E-state index contributed by atoms with van der Waals surface area (Å²) in [5.41, 5.74) is 8.58. The molecule has 0 bridgehead atoms. The Morgan fingerprint density at radius 1 is 1.19 bits per heavy atom. The van der Waals surface area contributed by atoms with Gasteiger partial charge in [-0.05, 0) is 44.9 Å². The summed E-state index contributed by atoms with van der Waals surface area (Å²) in [4.78, 5) is 23.8. The van der Waals surface area contributed by atoms with Crippen molar-refractivity contribution in [3.63, 3.8) is 0 Å². The van der Waals surface area contributed by atoms with Gasteiger partial charge in [-0.15, -0.1) is 0 Å². The number of hydrazine groups is 1. The molecule has 2 aromatic heterocycles. The molecule has 6 nitrogen and oxygen atoms in total. The van der Waals surface area contributed by atoms with Gasteiger partial charge in [0.15, 0.2) is 0 Å². The maximum absolute atomic E-state index is 12.7. The Hall–Kier alpha value is -2.05. The molecule has 1 amide bonds. The molecule has 26 heavy (non-hydrogen) atoms. The molecule has 2 aromatic rings. The minimum atomic E-state index is 0.283. The lowest BCUT2D eigenvalue weighted by Crippen LogP contribution is -2.40. The van der Waals surface area contributed by atoms with Crippen molar-refractivity contribution in [1.82, 2.24) is 25.7 Å². The van der Waals surface area contributed by atoms with Crippen LogP contribution in [-0.4, -0.2) is 45.9 Å². The highest BCUT2D eigenvalue weighted by molar-refractivity contribution is 5.78. The number of aromatic nitrogens is 2. The zero-order chi connectivity index (χ0) is 18.1. The fourth-order valence-electron chi connectivity index (χ4n) is 4.22. The highest BCUT2D eigenvalue weighted by atomic mass is 16.2. The SMILES string of the molecule is CC1NNC(C)C1CC(=O)N1CCC(c2cc3ncccc3cn2)CC1. The monoisotopic (exact) mass is 353 g/mol. The molecule has 0 aliphatic carbocycles. The third kappa shape index (κ3) is 3.44. The van der Waals surface area contributed by atoms with Crippen LogP contribution < -0.4 is 10.9 Å². The first-order chi connectivity index (χ1) is 12.6. The third-order valence-corrected chi connectivity index (χ3v) is 6.01. The van der Waals surface area contributed by atoms with Crippen LogP contribution in [0.25, 0.3) is 10.9 Å². The zero-order valence-corrected chi connectivity index (χ0v) is 15.5. The van der Waals surface area contributed by atoms with Crippen LogP contribution in [0.5, 0.6) is 0 Å². The van der Waals surface area contributed by atoms with Crippen LogP contribution in [0.1, 0.15) is 44.7 Å². The Labute approximate surface area is 154 Å². The number of amides is 1. The summed E-state index contributed by atoms with van der Waals surface area (Å²) in [6.07, 6.45) is 6.30. The summed E-state index contributed by atoms with van der Waals surface area (Å²) in [6, 6.07) is 6.75. The molecule has 6 heteroatoms. The number of pyridine rings is 2. The van der Waals surface area contributed by atoms with E-state index in [1.165, 1.54) is 0 Å². The average Bonchev–Trinajstić information content (AvgIpc) is 2.99. The topological polar surface area (TPSA) is 70.2 Å². The van der Waals surface area contributed by atoms with Crippen molar-refractivity contribution in [2.24, 2.45) is 5.92 Å². The molecule has 2 fully saturated rings. The Morgan fingerprint density at radius 2 is 1.92 bits per heavy atom. The van der Waals surface area contributed by atoms with Gasteiger partial charge in [-0.25, -0.2) is 0 Å². The number of fused-ring (bicyclic) bond motifs is 1. The molecule has 2 aliphatic rings. The summed E-state index contributed by atoms with van der Waals surface area (Å²) >= 11 is 0. The van der Waals surface area contributed by atoms with Crippen molar-refractivity contribution in [1.29, 1.82) is 0 Å². The van der Waals surface area contributed by atoms with E-state index in [4.69, 9.17) is 0 Å². The summed E-state index contributed by atoms with van der Waals surface area (Å²) < 4.78 is 0. The largest absolute Gasteiger partial charge is 0.343 e. The predicted molar refractivity (Wildman–Crippen MR) is 101 cm³/mol. The molecule has 2 aliphatic heterocycles.